The van der Waals surface area contributed by atoms with Crippen LogP contribution in [-0.2, 0) is 9.59 Å². The predicted octanol–water partition coefficient (Wildman–Crippen LogP) is 4.38. The lowest BCUT2D eigenvalue weighted by molar-refractivity contribution is -0.128. The van der Waals surface area contributed by atoms with E-state index in [1.165, 1.54) is 11.0 Å². The van der Waals surface area contributed by atoms with Gasteiger partial charge < -0.3 is 4.74 Å². The first-order chi connectivity index (χ1) is 11.0. The Balaban J connectivity index is 2.02. The van der Waals surface area contributed by atoms with Gasteiger partial charge in [-0.25, -0.2) is 4.90 Å². The highest BCUT2D eigenvalue weighted by Crippen LogP contribution is 2.40. The summed E-state index contributed by atoms with van der Waals surface area (Å²) in [6.45, 7) is 2.48. The van der Waals surface area contributed by atoms with Crippen LogP contribution >= 0.6 is 23.2 Å². The Kier molecular flexibility index (Phi) is 4.64. The Hall–Kier alpha value is -1.52. The average molecular weight is 354 g/mol. The van der Waals surface area contributed by atoms with E-state index in [-0.39, 0.29) is 22.8 Å². The van der Waals surface area contributed by atoms with Crippen molar-refractivity contribution in [1.29, 1.82) is 0 Å². The quantitative estimate of drug-likeness (QED) is 0.754. The van der Waals surface area contributed by atoms with Crippen LogP contribution in [-0.4, -0.2) is 18.4 Å². The molecule has 23 heavy (non-hydrogen) atoms. The smallest absolute Gasteiger partial charge is 0.260 e. The molecular weight excluding hydrogens is 337 g/mol. The molecule has 1 atom stereocenters. The number of hydrogen-bond acceptors (Lipinski definition) is 3. The molecule has 2 bridgehead atoms. The summed E-state index contributed by atoms with van der Waals surface area (Å²) in [6.07, 6.45) is 4.94. The van der Waals surface area contributed by atoms with E-state index in [0.29, 0.717) is 35.1 Å². The van der Waals surface area contributed by atoms with Crippen molar-refractivity contribution in [2.24, 2.45) is 5.92 Å². The lowest BCUT2D eigenvalue weighted by Crippen LogP contribution is -2.46. The fourth-order valence-corrected chi connectivity index (χ4v) is 3.47. The summed E-state index contributed by atoms with van der Waals surface area (Å²) in [5, 5.41) is 0.629. The van der Waals surface area contributed by atoms with Crippen LogP contribution < -0.4 is 9.64 Å². The summed E-state index contributed by atoms with van der Waals surface area (Å²) in [6, 6.07) is 3.10. The van der Waals surface area contributed by atoms with Crippen molar-refractivity contribution >= 4 is 40.7 Å². The van der Waals surface area contributed by atoms with E-state index >= 15 is 0 Å². The number of anilines is 1. The molecule has 1 aromatic rings. The molecule has 1 unspecified atom stereocenters. The van der Waals surface area contributed by atoms with E-state index in [2.05, 4.69) is 0 Å². The van der Waals surface area contributed by atoms with Crippen molar-refractivity contribution < 1.29 is 14.3 Å². The van der Waals surface area contributed by atoms with Crippen LogP contribution in [0, 0.1) is 5.92 Å². The Morgan fingerprint density at radius 3 is 2.78 bits per heavy atom. The summed E-state index contributed by atoms with van der Waals surface area (Å²) in [5.41, 5.74) is 1.03. The average Bonchev–Trinajstić information content (AvgIpc) is 2.54. The van der Waals surface area contributed by atoms with Crippen LogP contribution in [0.4, 0.5) is 5.69 Å². The van der Waals surface area contributed by atoms with E-state index in [9.17, 15) is 9.59 Å². The highest BCUT2D eigenvalue weighted by Gasteiger charge is 2.39. The Morgan fingerprint density at radius 1 is 1.26 bits per heavy atom. The third-order valence-electron chi connectivity index (χ3n) is 4.08. The first kappa shape index (κ1) is 16.3. The number of nitrogens with zero attached hydrogens (tertiary/aromatic N) is 1. The molecule has 0 radical (unpaired) electrons. The number of rotatable bonds is 4. The zero-order valence-corrected chi connectivity index (χ0v) is 14.3. The molecule has 3 rings (SSSR count). The van der Waals surface area contributed by atoms with Crippen molar-refractivity contribution in [3.63, 3.8) is 0 Å². The minimum Gasteiger partial charge on any atom is -0.492 e. The number of benzene rings is 1. The normalized spacial score (nSPS) is 20.6. The molecule has 0 spiro atoms. The van der Waals surface area contributed by atoms with Crippen molar-refractivity contribution in [3.8, 4) is 5.75 Å². The number of amides is 2. The molecule has 0 N–H and O–H groups in total. The van der Waals surface area contributed by atoms with Gasteiger partial charge in [-0.2, -0.15) is 0 Å². The monoisotopic (exact) mass is 353 g/mol. The number of imide groups is 1. The largest absolute Gasteiger partial charge is 0.492 e. The Morgan fingerprint density at radius 2 is 2.04 bits per heavy atom. The molecule has 1 aliphatic heterocycles. The van der Waals surface area contributed by atoms with Gasteiger partial charge in [-0.15, -0.1) is 0 Å². The second-order valence-electron chi connectivity index (χ2n) is 5.75. The highest BCUT2D eigenvalue weighted by atomic mass is 35.5. The van der Waals surface area contributed by atoms with Gasteiger partial charge in [0.1, 0.15) is 5.75 Å². The van der Waals surface area contributed by atoms with Crippen LogP contribution in [0.1, 0.15) is 32.6 Å². The van der Waals surface area contributed by atoms with Gasteiger partial charge in [-0.1, -0.05) is 36.2 Å². The maximum absolute atomic E-state index is 12.6. The number of halogens is 2. The second-order valence-corrected chi connectivity index (χ2v) is 6.57. The fraction of sp³-hybridized carbons (Fsp3) is 0.412. The van der Waals surface area contributed by atoms with Gasteiger partial charge in [-0.3, -0.25) is 9.59 Å². The van der Waals surface area contributed by atoms with Crippen LogP contribution in [0.15, 0.2) is 23.8 Å². The minimum atomic E-state index is -0.295. The van der Waals surface area contributed by atoms with Gasteiger partial charge in [-0.05, 0) is 31.7 Å². The third kappa shape index (κ3) is 2.98. The van der Waals surface area contributed by atoms with Gasteiger partial charge in [0.15, 0.2) is 0 Å². The van der Waals surface area contributed by atoms with E-state index in [0.717, 1.165) is 19.3 Å². The molecule has 2 aliphatic rings. The Bertz CT molecular complexity index is 699. The van der Waals surface area contributed by atoms with E-state index in [1.807, 2.05) is 6.92 Å². The van der Waals surface area contributed by atoms with Crippen LogP contribution in [0.25, 0.3) is 0 Å². The van der Waals surface area contributed by atoms with Crippen molar-refractivity contribution in [2.45, 2.75) is 32.6 Å². The maximum atomic E-state index is 12.6. The molecule has 122 valence electrons. The minimum absolute atomic E-state index is 0.232. The maximum Gasteiger partial charge on any atom is 0.260 e. The van der Waals surface area contributed by atoms with Crippen molar-refractivity contribution in [2.75, 3.05) is 11.5 Å². The van der Waals surface area contributed by atoms with Crippen molar-refractivity contribution in [3.05, 3.63) is 33.8 Å². The summed E-state index contributed by atoms with van der Waals surface area (Å²) < 4.78 is 5.58. The standard InChI is InChI=1S/C17H17Cl2NO3/c1-2-6-23-15-9-14(12(18)8-13(15)19)20-16(21)10-4-3-5-11(7-10)17(20)22/h7-10H,2-6H2,1H3. The number of ether oxygens (including phenoxy) is 1. The lowest BCUT2D eigenvalue weighted by atomic mass is 9.85. The zero-order chi connectivity index (χ0) is 16.6. The van der Waals surface area contributed by atoms with Crippen molar-refractivity contribution in [1.82, 2.24) is 0 Å². The molecular formula is C17H17Cl2NO3. The van der Waals surface area contributed by atoms with Gasteiger partial charge >= 0.3 is 0 Å². The second kappa shape index (κ2) is 6.54. The van der Waals surface area contributed by atoms with Crippen LogP contribution in [0.3, 0.4) is 0 Å². The molecule has 1 aliphatic carbocycles. The highest BCUT2D eigenvalue weighted by molar-refractivity contribution is 6.39. The predicted molar refractivity (Wildman–Crippen MR) is 90.2 cm³/mol. The number of carbonyl (C=O) groups is 2. The summed E-state index contributed by atoms with van der Waals surface area (Å²) in [7, 11) is 0. The van der Waals surface area contributed by atoms with E-state index < -0.39 is 0 Å². The lowest BCUT2D eigenvalue weighted by Gasteiger charge is -2.33. The fourth-order valence-electron chi connectivity index (χ4n) is 2.94. The Labute approximate surface area is 145 Å². The molecule has 4 nitrogen and oxygen atoms in total. The first-order valence-electron chi connectivity index (χ1n) is 7.73. The first-order valence-corrected chi connectivity index (χ1v) is 8.49. The van der Waals surface area contributed by atoms with Crippen LogP contribution in [0.2, 0.25) is 10.0 Å². The topological polar surface area (TPSA) is 46.6 Å². The number of carbonyl (C=O) groups excluding carboxylic acids is 2. The number of fused-ring (bicyclic) bond motifs is 1. The van der Waals surface area contributed by atoms with Gasteiger partial charge in [0.25, 0.3) is 5.91 Å². The van der Waals surface area contributed by atoms with Crippen LogP contribution in [0.5, 0.6) is 5.75 Å². The van der Waals surface area contributed by atoms with E-state index in [4.69, 9.17) is 27.9 Å². The molecule has 1 heterocycles. The molecule has 0 aromatic heterocycles. The molecule has 0 fully saturated rings. The summed E-state index contributed by atoms with van der Waals surface area (Å²) in [4.78, 5) is 26.4. The van der Waals surface area contributed by atoms with Gasteiger partial charge in [0.2, 0.25) is 5.91 Å². The SMILES string of the molecule is CCCOc1cc(N2C(=O)C3=CC(CCC3)C2=O)c(Cl)cc1Cl. The zero-order valence-electron chi connectivity index (χ0n) is 12.8. The number of hydrogen-bond donors (Lipinski definition) is 0. The van der Waals surface area contributed by atoms with Gasteiger partial charge in [0, 0.05) is 11.6 Å². The van der Waals surface area contributed by atoms with Gasteiger partial charge in [0.05, 0.1) is 28.3 Å². The summed E-state index contributed by atoms with van der Waals surface area (Å²) in [5.74, 6) is -0.345. The third-order valence-corrected chi connectivity index (χ3v) is 4.68. The molecule has 0 saturated heterocycles. The summed E-state index contributed by atoms with van der Waals surface area (Å²) >= 11 is 12.4. The van der Waals surface area contributed by atoms with E-state index in [1.54, 1.807) is 12.1 Å². The molecule has 6 heteroatoms. The molecule has 1 aromatic carbocycles. The molecule has 0 saturated carbocycles. The molecule has 2 amide bonds.